The summed E-state index contributed by atoms with van der Waals surface area (Å²) in [4.78, 5) is 0. The van der Waals surface area contributed by atoms with E-state index in [0.29, 0.717) is 12.1 Å². The maximum Gasteiger partial charge on any atom is 0.0730 e. The summed E-state index contributed by atoms with van der Waals surface area (Å²) < 4.78 is 6.25. The molecule has 18 heavy (non-hydrogen) atoms. The predicted molar refractivity (Wildman–Crippen MR) is 78.8 cm³/mol. The van der Waals surface area contributed by atoms with Crippen LogP contribution in [0.5, 0.6) is 0 Å². The molecule has 3 atom stereocenters. The van der Waals surface area contributed by atoms with Crippen LogP contribution in [0.15, 0.2) is 0 Å². The fraction of sp³-hybridized carbons (Fsp3) is 1.00. The van der Waals surface area contributed by atoms with Crippen LogP contribution in [0.3, 0.4) is 0 Å². The first-order valence-electron chi connectivity index (χ1n) is 7.91. The number of ether oxygens (including phenoxy) is 1. The van der Waals surface area contributed by atoms with Gasteiger partial charge in [-0.2, -0.15) is 0 Å². The van der Waals surface area contributed by atoms with Gasteiger partial charge in [0.15, 0.2) is 0 Å². The van der Waals surface area contributed by atoms with Gasteiger partial charge in [-0.3, -0.25) is 0 Å². The second kappa shape index (κ2) is 8.16. The van der Waals surface area contributed by atoms with Gasteiger partial charge in [0.2, 0.25) is 0 Å². The van der Waals surface area contributed by atoms with Crippen LogP contribution < -0.4 is 5.32 Å². The van der Waals surface area contributed by atoms with E-state index in [1.807, 2.05) is 0 Å². The molecule has 2 nitrogen and oxygen atoms in total. The van der Waals surface area contributed by atoms with Crippen LogP contribution >= 0.6 is 0 Å². The second-order valence-corrected chi connectivity index (χ2v) is 6.27. The van der Waals surface area contributed by atoms with Gasteiger partial charge in [-0.15, -0.1) is 0 Å². The van der Waals surface area contributed by atoms with E-state index in [2.05, 4.69) is 40.1 Å². The van der Waals surface area contributed by atoms with Gasteiger partial charge < -0.3 is 10.1 Å². The largest absolute Gasteiger partial charge is 0.376 e. The molecule has 1 N–H and O–H groups in total. The van der Waals surface area contributed by atoms with E-state index in [1.54, 1.807) is 0 Å². The van der Waals surface area contributed by atoms with Crippen molar-refractivity contribution in [2.24, 2.45) is 17.8 Å². The van der Waals surface area contributed by atoms with Gasteiger partial charge >= 0.3 is 0 Å². The molecule has 2 heteroatoms. The van der Waals surface area contributed by atoms with Crippen molar-refractivity contribution in [3.8, 4) is 0 Å². The molecule has 1 aliphatic carbocycles. The third kappa shape index (κ3) is 4.55. The maximum atomic E-state index is 6.25. The fourth-order valence-corrected chi connectivity index (χ4v) is 3.06. The van der Waals surface area contributed by atoms with E-state index < -0.39 is 0 Å². The van der Waals surface area contributed by atoms with Crippen molar-refractivity contribution >= 4 is 0 Å². The molecule has 0 aromatic carbocycles. The van der Waals surface area contributed by atoms with Crippen LogP contribution in [0, 0.1) is 17.8 Å². The number of likely N-dealkylation sites (N-methyl/N-ethyl adjacent to an activating group) is 1. The third-order valence-electron chi connectivity index (χ3n) is 4.85. The topological polar surface area (TPSA) is 21.3 Å². The number of hydrogen-bond donors (Lipinski definition) is 1. The minimum absolute atomic E-state index is 0.428. The lowest BCUT2D eigenvalue weighted by Crippen LogP contribution is -2.45. The minimum atomic E-state index is 0.428. The van der Waals surface area contributed by atoms with Crippen molar-refractivity contribution in [3.63, 3.8) is 0 Å². The number of rotatable bonds is 7. The smallest absolute Gasteiger partial charge is 0.0730 e. The Morgan fingerprint density at radius 3 is 2.33 bits per heavy atom. The molecular formula is C16H33NO. The summed E-state index contributed by atoms with van der Waals surface area (Å²) in [5, 5.41) is 3.45. The molecule has 1 fully saturated rings. The highest BCUT2D eigenvalue weighted by Gasteiger charge is 2.31. The molecule has 1 aliphatic rings. The van der Waals surface area contributed by atoms with Crippen LogP contribution in [0.1, 0.15) is 59.8 Å². The lowest BCUT2D eigenvalue weighted by Gasteiger charge is -2.38. The molecule has 0 saturated heterocycles. The van der Waals surface area contributed by atoms with E-state index >= 15 is 0 Å². The van der Waals surface area contributed by atoms with Gasteiger partial charge in [-0.05, 0) is 44.1 Å². The molecular weight excluding hydrogens is 222 g/mol. The molecule has 0 aromatic rings. The molecule has 0 radical (unpaired) electrons. The summed E-state index contributed by atoms with van der Waals surface area (Å²) in [6.07, 6.45) is 6.77. The quantitative estimate of drug-likeness (QED) is 0.746. The highest BCUT2D eigenvalue weighted by atomic mass is 16.5. The summed E-state index contributed by atoms with van der Waals surface area (Å²) in [5.41, 5.74) is 0. The molecule has 0 bridgehead atoms. The fourth-order valence-electron chi connectivity index (χ4n) is 3.06. The van der Waals surface area contributed by atoms with Crippen LogP contribution in [-0.2, 0) is 4.74 Å². The summed E-state index contributed by atoms with van der Waals surface area (Å²) in [7, 11) is 2.08. The molecule has 0 aromatic heterocycles. The first kappa shape index (κ1) is 16.0. The number of nitrogens with one attached hydrogen (secondary N) is 1. The lowest BCUT2D eigenvalue weighted by atomic mass is 9.78. The Morgan fingerprint density at radius 2 is 1.83 bits per heavy atom. The normalized spacial score (nSPS) is 29.2. The van der Waals surface area contributed by atoms with Crippen LogP contribution in [-0.4, -0.2) is 25.8 Å². The third-order valence-corrected chi connectivity index (χ3v) is 4.85. The van der Waals surface area contributed by atoms with Gasteiger partial charge in [0.1, 0.15) is 0 Å². The van der Waals surface area contributed by atoms with Crippen LogP contribution in [0.4, 0.5) is 0 Å². The van der Waals surface area contributed by atoms with Gasteiger partial charge in [0.05, 0.1) is 6.10 Å². The summed E-state index contributed by atoms with van der Waals surface area (Å²) in [6, 6.07) is 0.564. The first-order chi connectivity index (χ1) is 8.62. The Kier molecular flexibility index (Phi) is 7.25. The predicted octanol–water partition coefficient (Wildman–Crippen LogP) is 3.85. The molecule has 0 amide bonds. The second-order valence-electron chi connectivity index (χ2n) is 6.27. The SMILES string of the molecule is CCC(CC)COC1CC(C(C)C)CCC1NC. The monoisotopic (exact) mass is 255 g/mol. The van der Waals surface area contributed by atoms with Crippen molar-refractivity contribution in [2.45, 2.75) is 71.9 Å². The Labute approximate surface area is 114 Å². The zero-order valence-electron chi connectivity index (χ0n) is 13.0. The maximum absolute atomic E-state index is 6.25. The van der Waals surface area contributed by atoms with Gasteiger partial charge in [-0.1, -0.05) is 40.5 Å². The van der Waals surface area contributed by atoms with Crippen molar-refractivity contribution in [1.29, 1.82) is 0 Å². The van der Waals surface area contributed by atoms with E-state index in [-0.39, 0.29) is 0 Å². The standard InChI is InChI=1S/C16H33NO/c1-6-13(7-2)11-18-16-10-14(12(3)4)8-9-15(16)17-5/h12-17H,6-11H2,1-5H3. The molecule has 1 rings (SSSR count). The van der Waals surface area contributed by atoms with Gasteiger partial charge in [0.25, 0.3) is 0 Å². The number of hydrogen-bond acceptors (Lipinski definition) is 2. The highest BCUT2D eigenvalue weighted by molar-refractivity contribution is 4.86. The Bertz CT molecular complexity index is 213. The van der Waals surface area contributed by atoms with Crippen molar-refractivity contribution in [3.05, 3.63) is 0 Å². The molecule has 108 valence electrons. The van der Waals surface area contributed by atoms with E-state index in [1.165, 1.54) is 32.1 Å². The minimum Gasteiger partial charge on any atom is -0.376 e. The van der Waals surface area contributed by atoms with E-state index in [9.17, 15) is 0 Å². The van der Waals surface area contributed by atoms with E-state index in [0.717, 1.165) is 24.4 Å². The molecule has 0 spiro atoms. The molecule has 1 saturated carbocycles. The zero-order chi connectivity index (χ0) is 13.5. The summed E-state index contributed by atoms with van der Waals surface area (Å²) in [5.74, 6) is 2.38. The van der Waals surface area contributed by atoms with Crippen molar-refractivity contribution in [1.82, 2.24) is 5.32 Å². The Balaban J connectivity index is 2.47. The highest BCUT2D eigenvalue weighted by Crippen LogP contribution is 2.32. The van der Waals surface area contributed by atoms with Crippen LogP contribution in [0.25, 0.3) is 0 Å². The Morgan fingerprint density at radius 1 is 1.17 bits per heavy atom. The summed E-state index contributed by atoms with van der Waals surface area (Å²) >= 11 is 0. The van der Waals surface area contributed by atoms with Crippen molar-refractivity contribution in [2.75, 3.05) is 13.7 Å². The van der Waals surface area contributed by atoms with E-state index in [4.69, 9.17) is 4.74 Å². The average molecular weight is 255 g/mol. The molecule has 0 aliphatic heterocycles. The lowest BCUT2D eigenvalue weighted by molar-refractivity contribution is -0.0306. The van der Waals surface area contributed by atoms with Crippen LogP contribution in [0.2, 0.25) is 0 Å². The Hall–Kier alpha value is -0.0800. The van der Waals surface area contributed by atoms with Crippen molar-refractivity contribution < 1.29 is 4.74 Å². The first-order valence-corrected chi connectivity index (χ1v) is 7.91. The molecule has 0 heterocycles. The zero-order valence-corrected chi connectivity index (χ0v) is 13.0. The summed E-state index contributed by atoms with van der Waals surface area (Å²) in [6.45, 7) is 10.2. The van der Waals surface area contributed by atoms with Gasteiger partial charge in [-0.25, -0.2) is 0 Å². The molecule has 3 unspecified atom stereocenters. The average Bonchev–Trinajstić information content (AvgIpc) is 2.39. The van der Waals surface area contributed by atoms with Gasteiger partial charge in [0, 0.05) is 12.6 Å².